The van der Waals surface area contributed by atoms with Crippen molar-refractivity contribution in [3.8, 4) is 0 Å². The molecule has 1 aliphatic rings. The van der Waals surface area contributed by atoms with Crippen molar-refractivity contribution in [1.29, 1.82) is 0 Å². The van der Waals surface area contributed by atoms with Crippen LogP contribution in [0.4, 0.5) is 0 Å². The zero-order valence-corrected chi connectivity index (χ0v) is 7.46. The van der Waals surface area contributed by atoms with Crippen molar-refractivity contribution in [2.24, 2.45) is 17.2 Å². The third kappa shape index (κ3) is 1.42. The van der Waals surface area contributed by atoms with E-state index in [0.717, 1.165) is 6.42 Å². The molecule has 0 amide bonds. The zero-order valence-electron chi connectivity index (χ0n) is 8.46. The lowest BCUT2D eigenvalue weighted by molar-refractivity contribution is -0.125. The molecule has 0 spiro atoms. The van der Waals surface area contributed by atoms with Crippen LogP contribution in [0.2, 0.25) is 0 Å². The van der Waals surface area contributed by atoms with Crippen LogP contribution in [0.15, 0.2) is 0 Å². The van der Waals surface area contributed by atoms with Crippen molar-refractivity contribution in [2.75, 3.05) is 6.61 Å². The number of hydrogen-bond donors (Lipinski definition) is 2. The van der Waals surface area contributed by atoms with E-state index in [1.165, 1.54) is 0 Å². The number of aliphatic hydroxyl groups is 2. The highest BCUT2D eigenvalue weighted by molar-refractivity contribution is 4.97. The third-order valence-corrected chi connectivity index (χ3v) is 2.81. The quantitative estimate of drug-likeness (QED) is 0.631. The van der Waals surface area contributed by atoms with Gasteiger partial charge >= 0.3 is 0 Å². The van der Waals surface area contributed by atoms with Gasteiger partial charge in [-0.2, -0.15) is 0 Å². The summed E-state index contributed by atoms with van der Waals surface area (Å²) in [5, 5.41) is 18.6. The van der Waals surface area contributed by atoms with Crippen molar-refractivity contribution < 1.29 is 11.6 Å². The van der Waals surface area contributed by atoms with Gasteiger partial charge in [0.25, 0.3) is 0 Å². The molecular formula is C9H18O2. The van der Waals surface area contributed by atoms with Gasteiger partial charge in [0.15, 0.2) is 0 Å². The molecule has 2 heteroatoms. The van der Waals surface area contributed by atoms with Gasteiger partial charge in [-0.15, -0.1) is 0 Å². The summed E-state index contributed by atoms with van der Waals surface area (Å²) in [5.41, 5.74) is -0.0673. The Morgan fingerprint density at radius 1 is 1.73 bits per heavy atom. The minimum absolute atomic E-state index is 0.0673. The summed E-state index contributed by atoms with van der Waals surface area (Å²) in [4.78, 5) is 0. The second-order valence-corrected chi connectivity index (χ2v) is 4.25. The fourth-order valence-electron chi connectivity index (χ4n) is 1.74. The molecule has 0 aromatic rings. The smallest absolute Gasteiger partial charge is 0.0623 e. The summed E-state index contributed by atoms with van der Waals surface area (Å²) in [7, 11) is 0. The Kier molecular flexibility index (Phi) is 1.90. The first-order chi connectivity index (χ1) is 5.31. The molecule has 0 bridgehead atoms. The van der Waals surface area contributed by atoms with E-state index in [1.807, 2.05) is 13.8 Å². The van der Waals surface area contributed by atoms with Gasteiger partial charge in [-0.25, -0.2) is 0 Å². The number of hydrogen-bond acceptors (Lipinski definition) is 2. The van der Waals surface area contributed by atoms with Crippen LogP contribution < -0.4 is 0 Å². The van der Waals surface area contributed by atoms with Crippen LogP contribution in [-0.2, 0) is 0 Å². The number of rotatable bonds is 2. The van der Waals surface area contributed by atoms with Gasteiger partial charge in [0.1, 0.15) is 0 Å². The van der Waals surface area contributed by atoms with E-state index < -0.39 is 12.0 Å². The summed E-state index contributed by atoms with van der Waals surface area (Å²) in [6.07, 6.45) is 0.390. The van der Waals surface area contributed by atoms with E-state index in [2.05, 4.69) is 0 Å². The normalized spacial score (nSPS) is 42.1. The maximum atomic E-state index is 9.67. The highest BCUT2D eigenvalue weighted by atomic mass is 16.3. The highest BCUT2D eigenvalue weighted by Crippen LogP contribution is 2.48. The third-order valence-electron chi connectivity index (χ3n) is 2.81. The van der Waals surface area contributed by atoms with Crippen molar-refractivity contribution in [3.05, 3.63) is 0 Å². The molecule has 1 rings (SSSR count). The fourth-order valence-corrected chi connectivity index (χ4v) is 1.74. The molecule has 0 radical (unpaired) electrons. The van der Waals surface area contributed by atoms with Crippen molar-refractivity contribution in [1.82, 2.24) is 0 Å². The van der Waals surface area contributed by atoms with Gasteiger partial charge in [0, 0.05) is 7.98 Å². The zero-order chi connectivity index (χ0) is 9.57. The molecule has 3 atom stereocenters. The van der Waals surface area contributed by atoms with Crippen LogP contribution in [0, 0.1) is 17.2 Å². The van der Waals surface area contributed by atoms with E-state index >= 15 is 0 Å². The van der Waals surface area contributed by atoms with E-state index in [-0.39, 0.29) is 17.9 Å². The first-order valence-electron chi connectivity index (χ1n) is 4.60. The van der Waals surface area contributed by atoms with Gasteiger partial charge in [0.2, 0.25) is 0 Å². The van der Waals surface area contributed by atoms with Gasteiger partial charge < -0.3 is 10.2 Å². The minimum atomic E-state index is -0.880. The summed E-state index contributed by atoms with van der Waals surface area (Å²) in [6, 6.07) is 0. The predicted octanol–water partition coefficient (Wildman–Crippen LogP) is 1.02. The average Bonchev–Trinajstić information content (AvgIpc) is 2.00. The molecule has 1 saturated carbocycles. The largest absolute Gasteiger partial charge is 0.396 e. The standard InChI is InChI=1S/C9H18O2/c1-6(5-10)7-4-9(2,3)8(7)11/h6-8,10-11H,4-5H2,1-3H3/t6-,7+,8+/m0/s1/i6D. The molecule has 1 aliphatic carbocycles. The topological polar surface area (TPSA) is 40.5 Å². The SMILES string of the molecule is [2H][C@](C)(CO)[C@H]1CC(C)(C)[C@@H]1O. The Balaban J connectivity index is 2.61. The van der Waals surface area contributed by atoms with E-state index in [4.69, 9.17) is 6.48 Å². The van der Waals surface area contributed by atoms with Crippen LogP contribution in [0.3, 0.4) is 0 Å². The molecule has 0 aliphatic heterocycles. The van der Waals surface area contributed by atoms with Crippen LogP contribution in [0.25, 0.3) is 0 Å². The van der Waals surface area contributed by atoms with E-state index in [0.29, 0.717) is 0 Å². The molecule has 0 heterocycles. The van der Waals surface area contributed by atoms with Gasteiger partial charge in [-0.1, -0.05) is 20.8 Å². The van der Waals surface area contributed by atoms with Gasteiger partial charge in [-0.3, -0.25) is 0 Å². The molecule has 0 aromatic carbocycles. The Morgan fingerprint density at radius 2 is 2.27 bits per heavy atom. The van der Waals surface area contributed by atoms with Crippen molar-refractivity contribution in [2.45, 2.75) is 33.3 Å². The maximum absolute atomic E-state index is 9.67. The summed E-state index contributed by atoms with van der Waals surface area (Å²) in [6.45, 7) is 5.48. The summed E-state index contributed by atoms with van der Waals surface area (Å²) >= 11 is 0. The molecule has 0 aromatic heterocycles. The predicted molar refractivity (Wildman–Crippen MR) is 44.1 cm³/mol. The molecule has 2 N–H and O–H groups in total. The maximum Gasteiger partial charge on any atom is 0.0623 e. The van der Waals surface area contributed by atoms with Crippen LogP contribution >= 0.6 is 0 Å². The Morgan fingerprint density at radius 3 is 2.55 bits per heavy atom. The first-order valence-corrected chi connectivity index (χ1v) is 4.10. The molecule has 66 valence electrons. The molecule has 1 fully saturated rings. The van der Waals surface area contributed by atoms with Crippen LogP contribution in [0.1, 0.15) is 28.6 Å². The highest BCUT2D eigenvalue weighted by Gasteiger charge is 2.47. The lowest BCUT2D eigenvalue weighted by atomic mass is 9.58. The molecular weight excluding hydrogens is 140 g/mol. The van der Waals surface area contributed by atoms with E-state index in [1.54, 1.807) is 6.92 Å². The second kappa shape index (κ2) is 2.76. The fraction of sp³-hybridized carbons (Fsp3) is 1.00. The molecule has 11 heavy (non-hydrogen) atoms. The van der Waals surface area contributed by atoms with Crippen molar-refractivity contribution in [3.63, 3.8) is 0 Å². The van der Waals surface area contributed by atoms with Gasteiger partial charge in [0.05, 0.1) is 6.10 Å². The lowest BCUT2D eigenvalue weighted by Crippen LogP contribution is -2.51. The second-order valence-electron chi connectivity index (χ2n) is 4.25. The number of aliphatic hydroxyl groups excluding tert-OH is 2. The van der Waals surface area contributed by atoms with Crippen LogP contribution in [-0.4, -0.2) is 22.9 Å². The first kappa shape index (κ1) is 7.56. The Hall–Kier alpha value is -0.0800. The Bertz CT molecular complexity index is 177. The monoisotopic (exact) mass is 159 g/mol. The molecule has 0 saturated heterocycles. The van der Waals surface area contributed by atoms with E-state index in [9.17, 15) is 5.11 Å². The van der Waals surface area contributed by atoms with Gasteiger partial charge in [-0.05, 0) is 23.6 Å². The van der Waals surface area contributed by atoms with Crippen LogP contribution in [0.5, 0.6) is 0 Å². The molecule has 0 unspecified atom stereocenters. The lowest BCUT2D eigenvalue weighted by Gasteiger charge is -2.50. The molecule has 2 nitrogen and oxygen atoms in total. The Labute approximate surface area is 69.6 Å². The summed E-state index contributed by atoms with van der Waals surface area (Å²) in [5.74, 6) is -0.952. The average molecular weight is 159 g/mol. The summed E-state index contributed by atoms with van der Waals surface area (Å²) < 4.78 is 7.73. The van der Waals surface area contributed by atoms with Crippen molar-refractivity contribution >= 4 is 0 Å². The minimum Gasteiger partial charge on any atom is -0.396 e.